The van der Waals surface area contributed by atoms with Crippen molar-refractivity contribution in [1.82, 2.24) is 10.6 Å². The highest BCUT2D eigenvalue weighted by molar-refractivity contribution is 7.80. The molecule has 112 valence electrons. The number of benzene rings is 1. The zero-order valence-electron chi connectivity index (χ0n) is 12.6. The van der Waals surface area contributed by atoms with Gasteiger partial charge in [-0.15, -0.1) is 11.3 Å². The standard InChI is InChI=1S/C17H22N2S2/c1-3-4-6-13-8-10-14(11-9-13)16(19-17(20)18-2)15-7-5-12-21-15/h5,7-12,16H,3-4,6H2,1-2H3,(H2,18,19,20)/t16-/m0/s1. The second-order valence-electron chi connectivity index (χ2n) is 5.02. The molecule has 0 aliphatic carbocycles. The molecule has 0 aliphatic rings. The Bertz CT molecular complexity index is 547. The minimum absolute atomic E-state index is 0.116. The summed E-state index contributed by atoms with van der Waals surface area (Å²) in [5.74, 6) is 0. The van der Waals surface area contributed by atoms with Gasteiger partial charge in [-0.1, -0.05) is 43.7 Å². The molecule has 0 radical (unpaired) electrons. The largest absolute Gasteiger partial charge is 0.366 e. The van der Waals surface area contributed by atoms with Gasteiger partial charge in [0.2, 0.25) is 0 Å². The van der Waals surface area contributed by atoms with Crippen LogP contribution in [0.3, 0.4) is 0 Å². The van der Waals surface area contributed by atoms with Crippen LogP contribution < -0.4 is 10.6 Å². The Labute approximate surface area is 136 Å². The summed E-state index contributed by atoms with van der Waals surface area (Å²) >= 11 is 7.02. The van der Waals surface area contributed by atoms with E-state index in [2.05, 4.69) is 59.3 Å². The molecule has 0 bridgehead atoms. The molecule has 2 aromatic rings. The second kappa shape index (κ2) is 8.15. The predicted molar refractivity (Wildman–Crippen MR) is 96.0 cm³/mol. The fraction of sp³-hybridized carbons (Fsp3) is 0.353. The molecule has 2 N–H and O–H groups in total. The molecule has 0 fully saturated rings. The number of aryl methyl sites for hydroxylation is 1. The summed E-state index contributed by atoms with van der Waals surface area (Å²) in [5.41, 5.74) is 2.65. The molecule has 0 unspecified atom stereocenters. The first-order chi connectivity index (χ1) is 10.2. The van der Waals surface area contributed by atoms with Crippen LogP contribution in [0.2, 0.25) is 0 Å². The van der Waals surface area contributed by atoms with E-state index in [1.807, 2.05) is 7.05 Å². The number of nitrogens with one attached hydrogen (secondary N) is 2. The van der Waals surface area contributed by atoms with Crippen molar-refractivity contribution >= 4 is 28.7 Å². The Balaban J connectivity index is 2.18. The highest BCUT2D eigenvalue weighted by atomic mass is 32.1. The molecular formula is C17H22N2S2. The zero-order valence-corrected chi connectivity index (χ0v) is 14.2. The van der Waals surface area contributed by atoms with E-state index >= 15 is 0 Å². The van der Waals surface area contributed by atoms with E-state index in [9.17, 15) is 0 Å². The van der Waals surface area contributed by atoms with Gasteiger partial charge in [0.1, 0.15) is 0 Å². The van der Waals surface area contributed by atoms with Gasteiger partial charge in [0.15, 0.2) is 5.11 Å². The van der Waals surface area contributed by atoms with Crippen LogP contribution in [0.4, 0.5) is 0 Å². The van der Waals surface area contributed by atoms with Crippen LogP contribution in [0.5, 0.6) is 0 Å². The number of unbranched alkanes of at least 4 members (excludes halogenated alkanes) is 1. The van der Waals surface area contributed by atoms with Crippen LogP contribution in [0.15, 0.2) is 41.8 Å². The maximum Gasteiger partial charge on any atom is 0.166 e. The molecule has 0 amide bonds. The Morgan fingerprint density at radius 1 is 1.24 bits per heavy atom. The molecule has 21 heavy (non-hydrogen) atoms. The summed E-state index contributed by atoms with van der Waals surface area (Å²) in [7, 11) is 1.84. The average Bonchev–Trinajstić information content (AvgIpc) is 3.05. The van der Waals surface area contributed by atoms with Gasteiger partial charge in [0.25, 0.3) is 0 Å². The third-order valence-electron chi connectivity index (χ3n) is 3.46. The monoisotopic (exact) mass is 318 g/mol. The van der Waals surface area contributed by atoms with E-state index in [4.69, 9.17) is 12.2 Å². The molecular weight excluding hydrogens is 296 g/mol. The van der Waals surface area contributed by atoms with Gasteiger partial charge < -0.3 is 10.6 Å². The van der Waals surface area contributed by atoms with E-state index in [0.717, 1.165) is 6.42 Å². The van der Waals surface area contributed by atoms with Gasteiger partial charge in [0.05, 0.1) is 6.04 Å². The highest BCUT2D eigenvalue weighted by Crippen LogP contribution is 2.26. The first-order valence-electron chi connectivity index (χ1n) is 7.35. The first kappa shape index (κ1) is 16.0. The quantitative estimate of drug-likeness (QED) is 0.778. The third kappa shape index (κ3) is 4.55. The van der Waals surface area contributed by atoms with Crippen molar-refractivity contribution in [3.63, 3.8) is 0 Å². The van der Waals surface area contributed by atoms with Crippen LogP contribution in [-0.2, 0) is 6.42 Å². The molecule has 0 saturated heterocycles. The van der Waals surface area contributed by atoms with E-state index < -0.39 is 0 Å². The Kier molecular flexibility index (Phi) is 6.21. The Hall–Kier alpha value is -1.39. The maximum atomic E-state index is 5.27. The van der Waals surface area contributed by atoms with Gasteiger partial charge in [-0.2, -0.15) is 0 Å². The number of thiophene rings is 1. The van der Waals surface area contributed by atoms with Crippen molar-refractivity contribution < 1.29 is 0 Å². The van der Waals surface area contributed by atoms with E-state index in [1.54, 1.807) is 11.3 Å². The number of thiocarbonyl (C=S) groups is 1. The molecule has 0 aliphatic heterocycles. The summed E-state index contributed by atoms with van der Waals surface area (Å²) in [6, 6.07) is 13.2. The van der Waals surface area contributed by atoms with E-state index in [0.29, 0.717) is 5.11 Å². The van der Waals surface area contributed by atoms with Crippen LogP contribution in [-0.4, -0.2) is 12.2 Å². The lowest BCUT2D eigenvalue weighted by Crippen LogP contribution is -2.35. The van der Waals surface area contributed by atoms with Gasteiger partial charge in [0, 0.05) is 11.9 Å². The van der Waals surface area contributed by atoms with E-state index in [1.165, 1.54) is 28.8 Å². The van der Waals surface area contributed by atoms with Crippen molar-refractivity contribution in [2.24, 2.45) is 0 Å². The summed E-state index contributed by atoms with van der Waals surface area (Å²) in [4.78, 5) is 1.27. The number of hydrogen-bond acceptors (Lipinski definition) is 2. The van der Waals surface area contributed by atoms with Gasteiger partial charge >= 0.3 is 0 Å². The lowest BCUT2D eigenvalue weighted by molar-refractivity contribution is 0.763. The SMILES string of the molecule is CCCCc1ccc([C@H](NC(=S)NC)c2cccs2)cc1. The second-order valence-corrected chi connectivity index (χ2v) is 6.40. The van der Waals surface area contributed by atoms with Gasteiger partial charge in [-0.3, -0.25) is 0 Å². The molecule has 0 saturated carbocycles. The fourth-order valence-corrected chi connectivity index (χ4v) is 3.16. The molecule has 2 rings (SSSR count). The predicted octanol–water partition coefficient (Wildman–Crippen LogP) is 4.27. The van der Waals surface area contributed by atoms with Crippen LogP contribution >= 0.6 is 23.6 Å². The molecule has 0 spiro atoms. The van der Waals surface area contributed by atoms with Crippen molar-refractivity contribution in [2.75, 3.05) is 7.05 Å². The van der Waals surface area contributed by atoms with Crippen molar-refractivity contribution in [3.05, 3.63) is 57.8 Å². The van der Waals surface area contributed by atoms with Gasteiger partial charge in [-0.05, 0) is 47.6 Å². The van der Waals surface area contributed by atoms with Crippen LogP contribution in [0.1, 0.15) is 41.8 Å². The van der Waals surface area contributed by atoms with Crippen molar-refractivity contribution in [1.29, 1.82) is 0 Å². The van der Waals surface area contributed by atoms with Crippen LogP contribution in [0.25, 0.3) is 0 Å². The van der Waals surface area contributed by atoms with Crippen molar-refractivity contribution in [3.8, 4) is 0 Å². The smallest absolute Gasteiger partial charge is 0.166 e. The molecule has 1 heterocycles. The fourth-order valence-electron chi connectivity index (χ4n) is 2.24. The summed E-state index contributed by atoms with van der Waals surface area (Å²) < 4.78 is 0. The van der Waals surface area contributed by atoms with Gasteiger partial charge in [-0.25, -0.2) is 0 Å². The average molecular weight is 319 g/mol. The highest BCUT2D eigenvalue weighted by Gasteiger charge is 2.15. The minimum atomic E-state index is 0.116. The zero-order chi connectivity index (χ0) is 15.1. The van der Waals surface area contributed by atoms with Crippen molar-refractivity contribution in [2.45, 2.75) is 32.2 Å². The molecule has 4 heteroatoms. The Morgan fingerprint density at radius 3 is 2.57 bits per heavy atom. The molecule has 2 nitrogen and oxygen atoms in total. The lowest BCUT2D eigenvalue weighted by Gasteiger charge is -2.20. The lowest BCUT2D eigenvalue weighted by atomic mass is 10.0. The Morgan fingerprint density at radius 2 is 2.00 bits per heavy atom. The third-order valence-corrected chi connectivity index (χ3v) is 4.72. The number of hydrogen-bond donors (Lipinski definition) is 2. The number of rotatable bonds is 6. The normalized spacial score (nSPS) is 11.9. The molecule has 1 atom stereocenters. The maximum absolute atomic E-state index is 5.27. The topological polar surface area (TPSA) is 24.1 Å². The summed E-state index contributed by atoms with van der Waals surface area (Å²) in [6.07, 6.45) is 3.64. The summed E-state index contributed by atoms with van der Waals surface area (Å²) in [5, 5.41) is 9.14. The molecule has 1 aromatic carbocycles. The van der Waals surface area contributed by atoms with E-state index in [-0.39, 0.29) is 6.04 Å². The van der Waals surface area contributed by atoms with Crippen LogP contribution in [0, 0.1) is 0 Å². The minimum Gasteiger partial charge on any atom is -0.366 e. The molecule has 1 aromatic heterocycles. The summed E-state index contributed by atoms with van der Waals surface area (Å²) in [6.45, 7) is 2.23. The first-order valence-corrected chi connectivity index (χ1v) is 8.64.